The molecule has 1 rings (SSSR count). The highest BCUT2D eigenvalue weighted by atomic mass is 32.2. The summed E-state index contributed by atoms with van der Waals surface area (Å²) in [5.74, 6) is -2.75. The Morgan fingerprint density at radius 2 is 1.56 bits per heavy atom. The van der Waals surface area contributed by atoms with Gasteiger partial charge in [0.1, 0.15) is 5.75 Å². The van der Waals surface area contributed by atoms with E-state index in [-0.39, 0.29) is 5.75 Å². The molecule has 0 bridgehead atoms. The molecule has 8 heteroatoms. The maximum atomic E-state index is 11.9. The minimum atomic E-state index is -4.87. The highest BCUT2D eigenvalue weighted by Gasteiger charge is 2.35. The summed E-state index contributed by atoms with van der Waals surface area (Å²) in [5.41, 5.74) is 1.07. The molecule has 0 heterocycles. The third kappa shape index (κ3) is 9.53. The molecule has 1 aromatic carbocycles. The fourth-order valence-corrected chi connectivity index (χ4v) is 3.31. The van der Waals surface area contributed by atoms with Crippen LogP contribution in [-0.2, 0) is 26.1 Å². The minimum absolute atomic E-state index is 0.0994. The first-order valence-electron chi connectivity index (χ1n) is 9.22. The van der Waals surface area contributed by atoms with Crippen molar-refractivity contribution in [1.29, 1.82) is 0 Å². The Morgan fingerprint density at radius 3 is 2.07 bits per heavy atom. The number of benzene rings is 1. The molecule has 0 aliphatic heterocycles. The van der Waals surface area contributed by atoms with Crippen molar-refractivity contribution in [3.8, 4) is 5.75 Å². The largest absolute Gasteiger partial charge is 0.481 e. The highest BCUT2D eigenvalue weighted by Crippen LogP contribution is 2.17. The first kappa shape index (κ1) is 23.1. The van der Waals surface area contributed by atoms with Gasteiger partial charge in [-0.1, -0.05) is 57.6 Å². The Hall–Kier alpha value is -1.93. The third-order valence-electron chi connectivity index (χ3n) is 4.19. The van der Waals surface area contributed by atoms with Gasteiger partial charge in [-0.25, -0.2) is 0 Å². The van der Waals surface area contributed by atoms with E-state index in [9.17, 15) is 18.0 Å². The van der Waals surface area contributed by atoms with Gasteiger partial charge in [0.05, 0.1) is 6.42 Å². The lowest BCUT2D eigenvalue weighted by atomic mass is 10.0. The molecule has 0 aliphatic carbocycles. The van der Waals surface area contributed by atoms with Crippen molar-refractivity contribution in [3.05, 3.63) is 29.8 Å². The number of carbonyl (C=O) groups is 2. The van der Waals surface area contributed by atoms with Gasteiger partial charge in [0.2, 0.25) is 0 Å². The Morgan fingerprint density at radius 1 is 1.00 bits per heavy atom. The van der Waals surface area contributed by atoms with Crippen LogP contribution in [-0.4, -0.2) is 35.3 Å². The highest BCUT2D eigenvalue weighted by molar-refractivity contribution is 7.87. The molecule has 27 heavy (non-hydrogen) atoms. The maximum Gasteiger partial charge on any atom is 0.332 e. The quantitative estimate of drug-likeness (QED) is 0.225. The summed E-state index contributed by atoms with van der Waals surface area (Å²) in [6, 6.07) is 6.60. The Kier molecular flexibility index (Phi) is 10.0. The molecule has 0 fully saturated rings. The predicted molar refractivity (Wildman–Crippen MR) is 101 cm³/mol. The van der Waals surface area contributed by atoms with Crippen LogP contribution in [0.25, 0.3) is 0 Å². The van der Waals surface area contributed by atoms with Gasteiger partial charge in [-0.2, -0.15) is 8.42 Å². The van der Waals surface area contributed by atoms with Crippen LogP contribution in [0.5, 0.6) is 5.75 Å². The molecule has 0 saturated heterocycles. The number of unbranched alkanes of at least 4 members (excludes halogenated alkanes) is 6. The van der Waals surface area contributed by atoms with Crippen molar-refractivity contribution >= 4 is 22.1 Å². The van der Waals surface area contributed by atoms with E-state index >= 15 is 0 Å². The van der Waals surface area contributed by atoms with Crippen LogP contribution in [0, 0.1) is 0 Å². The normalized spacial score (nSPS) is 12.5. The molecule has 0 saturated carbocycles. The molecule has 2 N–H and O–H groups in total. The van der Waals surface area contributed by atoms with Crippen molar-refractivity contribution in [1.82, 2.24) is 0 Å². The summed E-state index contributed by atoms with van der Waals surface area (Å²) in [5, 5.41) is 6.53. The second kappa shape index (κ2) is 11.7. The lowest BCUT2D eigenvalue weighted by molar-refractivity contribution is -0.142. The Bertz CT molecular complexity index is 695. The molecule has 1 atom stereocenters. The molecule has 1 unspecified atom stereocenters. The molecule has 0 radical (unpaired) electrons. The fraction of sp³-hybridized carbons (Fsp3) is 0.579. The van der Waals surface area contributed by atoms with Gasteiger partial charge in [-0.15, -0.1) is 0 Å². The first-order chi connectivity index (χ1) is 12.7. The van der Waals surface area contributed by atoms with E-state index in [0.29, 0.717) is 0 Å². The van der Waals surface area contributed by atoms with E-state index in [1.54, 1.807) is 12.1 Å². The van der Waals surface area contributed by atoms with Crippen molar-refractivity contribution in [2.45, 2.75) is 70.0 Å². The Balaban J connectivity index is 2.49. The average Bonchev–Trinajstić information content (AvgIpc) is 2.59. The average molecular weight is 400 g/mol. The second-order valence-electron chi connectivity index (χ2n) is 6.54. The Labute approximate surface area is 160 Å². The lowest BCUT2D eigenvalue weighted by Crippen LogP contribution is -2.35. The predicted octanol–water partition coefficient (Wildman–Crippen LogP) is 3.62. The number of ether oxygens (including phenoxy) is 1. The second-order valence-corrected chi connectivity index (χ2v) is 8.14. The summed E-state index contributed by atoms with van der Waals surface area (Å²) in [7, 11) is -4.87. The first-order valence-corrected chi connectivity index (χ1v) is 10.7. The van der Waals surface area contributed by atoms with Crippen LogP contribution in [0.2, 0.25) is 0 Å². The summed E-state index contributed by atoms with van der Waals surface area (Å²) >= 11 is 0. The number of hydrogen-bond acceptors (Lipinski definition) is 5. The SMILES string of the molecule is CCCCCCCCCc1ccc(OC(=O)C(CC(=O)O)S(=O)(=O)O)cc1. The molecule has 0 aliphatic rings. The number of aliphatic carboxylic acids is 1. The summed E-state index contributed by atoms with van der Waals surface area (Å²) in [6.45, 7) is 2.19. The molecule has 1 aromatic rings. The van der Waals surface area contributed by atoms with Crippen LogP contribution in [0.15, 0.2) is 24.3 Å². The topological polar surface area (TPSA) is 118 Å². The number of hydrogen-bond donors (Lipinski definition) is 2. The van der Waals surface area contributed by atoms with Crippen LogP contribution >= 0.6 is 0 Å². The van der Waals surface area contributed by atoms with E-state index in [1.165, 1.54) is 44.2 Å². The number of aryl methyl sites for hydroxylation is 1. The molecule has 7 nitrogen and oxygen atoms in total. The summed E-state index contributed by atoms with van der Waals surface area (Å²) < 4.78 is 36.3. The van der Waals surface area contributed by atoms with Crippen molar-refractivity contribution < 1.29 is 32.4 Å². The fourth-order valence-electron chi connectivity index (χ4n) is 2.66. The van der Waals surface area contributed by atoms with E-state index in [4.69, 9.17) is 14.4 Å². The van der Waals surface area contributed by atoms with Gasteiger partial charge < -0.3 is 9.84 Å². The van der Waals surface area contributed by atoms with Gasteiger partial charge in [-0.3, -0.25) is 14.1 Å². The van der Waals surface area contributed by atoms with Gasteiger partial charge in [0, 0.05) is 0 Å². The van der Waals surface area contributed by atoms with Crippen LogP contribution < -0.4 is 4.74 Å². The molecule has 0 aromatic heterocycles. The van der Waals surface area contributed by atoms with E-state index < -0.39 is 33.7 Å². The smallest absolute Gasteiger partial charge is 0.332 e. The zero-order chi connectivity index (χ0) is 20.3. The number of carboxylic acid groups (broad SMARTS) is 1. The summed E-state index contributed by atoms with van der Waals surface area (Å²) in [4.78, 5) is 22.5. The van der Waals surface area contributed by atoms with E-state index in [2.05, 4.69) is 6.92 Å². The van der Waals surface area contributed by atoms with Crippen molar-refractivity contribution in [3.63, 3.8) is 0 Å². The van der Waals surface area contributed by atoms with Crippen LogP contribution in [0.1, 0.15) is 63.9 Å². The van der Waals surface area contributed by atoms with Crippen LogP contribution in [0.3, 0.4) is 0 Å². The molecular formula is C19H28O7S. The van der Waals surface area contributed by atoms with Crippen molar-refractivity contribution in [2.75, 3.05) is 0 Å². The molecule has 0 amide bonds. The molecule has 0 spiro atoms. The van der Waals surface area contributed by atoms with Gasteiger partial charge in [0.25, 0.3) is 10.1 Å². The standard InChI is InChI=1S/C19H28O7S/c1-2-3-4-5-6-7-8-9-15-10-12-16(13-11-15)26-19(22)17(14-18(20)21)27(23,24)25/h10-13,17H,2-9,14H2,1H3,(H,20,21)(H,23,24,25). The van der Waals surface area contributed by atoms with E-state index in [0.717, 1.165) is 24.8 Å². The van der Waals surface area contributed by atoms with Gasteiger partial charge in [-0.05, 0) is 30.5 Å². The van der Waals surface area contributed by atoms with E-state index in [1.807, 2.05) is 0 Å². The zero-order valence-electron chi connectivity index (χ0n) is 15.6. The zero-order valence-corrected chi connectivity index (χ0v) is 16.4. The summed E-state index contributed by atoms with van der Waals surface area (Å²) in [6.07, 6.45) is 8.33. The minimum Gasteiger partial charge on any atom is -0.481 e. The monoisotopic (exact) mass is 400 g/mol. The number of rotatable bonds is 13. The molecular weight excluding hydrogens is 372 g/mol. The number of carbonyl (C=O) groups excluding carboxylic acids is 1. The molecule has 152 valence electrons. The van der Waals surface area contributed by atoms with Crippen molar-refractivity contribution in [2.24, 2.45) is 0 Å². The van der Waals surface area contributed by atoms with Gasteiger partial charge >= 0.3 is 11.9 Å². The third-order valence-corrected chi connectivity index (χ3v) is 5.27. The van der Waals surface area contributed by atoms with Gasteiger partial charge in [0.15, 0.2) is 5.25 Å². The number of esters is 1. The maximum absolute atomic E-state index is 11.9. The van der Waals surface area contributed by atoms with Crippen LogP contribution in [0.4, 0.5) is 0 Å². The number of carboxylic acids is 1. The lowest BCUT2D eigenvalue weighted by Gasteiger charge is -2.11.